The van der Waals surface area contributed by atoms with E-state index in [0.29, 0.717) is 16.8 Å². The average molecular weight is 306 g/mol. The van der Waals surface area contributed by atoms with Crippen LogP contribution in [-0.2, 0) is 0 Å². The normalized spacial score (nSPS) is 15.4. The summed E-state index contributed by atoms with van der Waals surface area (Å²) in [5.41, 5.74) is 1.96. The maximum atomic E-state index is 6.06. The molecule has 1 aliphatic rings. The summed E-state index contributed by atoms with van der Waals surface area (Å²) >= 11 is 6.06. The maximum Gasteiger partial charge on any atom is 0.207 e. The molecule has 0 amide bonds. The van der Waals surface area contributed by atoms with Gasteiger partial charge in [0.05, 0.1) is 17.8 Å². The molecule has 0 radical (unpaired) electrons. The summed E-state index contributed by atoms with van der Waals surface area (Å²) in [6.07, 6.45) is 7.19. The number of imidazole rings is 1. The summed E-state index contributed by atoms with van der Waals surface area (Å²) in [5, 5.41) is 3.99. The Labute approximate surface area is 130 Å². The molecule has 1 aromatic carbocycles. The average Bonchev–Trinajstić information content (AvgIpc) is 3.10. The number of nitrogens with one attached hydrogen (secondary N) is 1. The molecule has 1 fully saturated rings. The molecule has 0 atom stereocenters. The molecule has 1 saturated carbocycles. The molecule has 5 heteroatoms. The second kappa shape index (κ2) is 5.98. The molecule has 1 heterocycles. The first-order valence-corrected chi connectivity index (χ1v) is 7.71. The molecule has 0 aliphatic heterocycles. The van der Waals surface area contributed by atoms with Crippen LogP contribution in [0.3, 0.4) is 0 Å². The number of hydrogen-bond donors (Lipinski definition) is 1. The van der Waals surface area contributed by atoms with E-state index in [1.807, 2.05) is 25.1 Å². The van der Waals surface area contributed by atoms with E-state index in [4.69, 9.17) is 16.3 Å². The summed E-state index contributed by atoms with van der Waals surface area (Å²) < 4.78 is 7.53. The van der Waals surface area contributed by atoms with Gasteiger partial charge in [0.15, 0.2) is 0 Å². The van der Waals surface area contributed by atoms with Crippen molar-refractivity contribution in [3.05, 3.63) is 35.1 Å². The van der Waals surface area contributed by atoms with Gasteiger partial charge in [0, 0.05) is 24.0 Å². The Morgan fingerprint density at radius 2 is 2.10 bits per heavy atom. The van der Waals surface area contributed by atoms with Crippen LogP contribution in [0.15, 0.2) is 24.4 Å². The molecule has 0 bridgehead atoms. The minimum atomic E-state index is 0.558. The fourth-order valence-electron chi connectivity index (χ4n) is 2.94. The molecule has 1 aliphatic carbocycles. The van der Waals surface area contributed by atoms with Crippen molar-refractivity contribution in [3.8, 4) is 5.75 Å². The Morgan fingerprint density at radius 3 is 2.81 bits per heavy atom. The molecule has 4 nitrogen and oxygen atoms in total. The Bertz CT molecular complexity index is 632. The highest BCUT2D eigenvalue weighted by molar-refractivity contribution is 6.32. The number of nitrogens with zero attached hydrogens (tertiary/aromatic N) is 2. The molecule has 1 aromatic heterocycles. The van der Waals surface area contributed by atoms with E-state index in [0.717, 1.165) is 17.3 Å². The van der Waals surface area contributed by atoms with Crippen molar-refractivity contribution < 1.29 is 4.74 Å². The van der Waals surface area contributed by atoms with E-state index in [2.05, 4.69) is 21.1 Å². The van der Waals surface area contributed by atoms with Crippen LogP contribution < -0.4 is 10.1 Å². The van der Waals surface area contributed by atoms with Gasteiger partial charge in [-0.05, 0) is 31.9 Å². The number of benzene rings is 1. The van der Waals surface area contributed by atoms with Crippen LogP contribution in [0.4, 0.5) is 11.6 Å². The zero-order chi connectivity index (χ0) is 14.8. The molecule has 21 heavy (non-hydrogen) atoms. The van der Waals surface area contributed by atoms with Gasteiger partial charge >= 0.3 is 0 Å². The minimum Gasteiger partial charge on any atom is -0.495 e. The fraction of sp³-hybridized carbons (Fsp3) is 0.438. The lowest BCUT2D eigenvalue weighted by Gasteiger charge is -2.16. The quantitative estimate of drug-likeness (QED) is 0.889. The predicted molar refractivity (Wildman–Crippen MR) is 85.8 cm³/mol. The van der Waals surface area contributed by atoms with Crippen LogP contribution in [-0.4, -0.2) is 16.7 Å². The zero-order valence-corrected chi connectivity index (χ0v) is 13.2. The second-order valence-corrected chi connectivity index (χ2v) is 5.93. The van der Waals surface area contributed by atoms with Crippen LogP contribution in [0.1, 0.15) is 37.4 Å². The number of anilines is 2. The molecule has 2 aromatic rings. The van der Waals surface area contributed by atoms with E-state index < -0.39 is 0 Å². The maximum absolute atomic E-state index is 6.06. The highest BCUT2D eigenvalue weighted by Crippen LogP contribution is 2.34. The zero-order valence-electron chi connectivity index (χ0n) is 12.4. The van der Waals surface area contributed by atoms with E-state index >= 15 is 0 Å². The highest BCUT2D eigenvalue weighted by Gasteiger charge is 2.20. The third-order valence-corrected chi connectivity index (χ3v) is 4.29. The Balaban J connectivity index is 1.87. The summed E-state index contributed by atoms with van der Waals surface area (Å²) in [4.78, 5) is 4.61. The monoisotopic (exact) mass is 305 g/mol. The van der Waals surface area contributed by atoms with Crippen LogP contribution >= 0.6 is 11.6 Å². The Hall–Kier alpha value is -1.68. The lowest BCUT2D eigenvalue weighted by Crippen LogP contribution is -2.07. The minimum absolute atomic E-state index is 0.558. The predicted octanol–water partition coefficient (Wildman–Crippen LogP) is 4.71. The molecule has 112 valence electrons. The van der Waals surface area contributed by atoms with E-state index in [1.165, 1.54) is 25.7 Å². The van der Waals surface area contributed by atoms with Gasteiger partial charge in [-0.1, -0.05) is 24.4 Å². The van der Waals surface area contributed by atoms with Gasteiger partial charge in [-0.15, -0.1) is 0 Å². The van der Waals surface area contributed by atoms with Crippen LogP contribution in [0.2, 0.25) is 5.02 Å². The lowest BCUT2D eigenvalue weighted by atomic mass is 10.2. The van der Waals surface area contributed by atoms with Crippen molar-refractivity contribution in [2.24, 2.45) is 0 Å². The first kappa shape index (κ1) is 14.3. The Kier molecular flexibility index (Phi) is 4.06. The van der Waals surface area contributed by atoms with Gasteiger partial charge in [-0.25, -0.2) is 4.98 Å². The number of halogens is 1. The molecule has 0 spiro atoms. The smallest absolute Gasteiger partial charge is 0.207 e. The summed E-state index contributed by atoms with van der Waals surface area (Å²) in [6.45, 7) is 2.03. The number of methoxy groups -OCH3 is 1. The van der Waals surface area contributed by atoms with Crippen molar-refractivity contribution in [1.82, 2.24) is 9.55 Å². The lowest BCUT2D eigenvalue weighted by molar-refractivity contribution is 0.415. The van der Waals surface area contributed by atoms with E-state index in [9.17, 15) is 0 Å². The van der Waals surface area contributed by atoms with Gasteiger partial charge in [-0.2, -0.15) is 0 Å². The van der Waals surface area contributed by atoms with Crippen molar-refractivity contribution >= 4 is 23.2 Å². The Morgan fingerprint density at radius 1 is 1.33 bits per heavy atom. The third-order valence-electron chi connectivity index (χ3n) is 3.98. The summed E-state index contributed by atoms with van der Waals surface area (Å²) in [7, 11) is 1.62. The van der Waals surface area contributed by atoms with Crippen LogP contribution in [0.25, 0.3) is 0 Å². The molecule has 0 saturated heterocycles. The van der Waals surface area contributed by atoms with E-state index in [1.54, 1.807) is 7.11 Å². The SMILES string of the molecule is COc1cc(Nc2nc(C)cn2C2CCCC2)ccc1Cl. The number of hydrogen-bond acceptors (Lipinski definition) is 3. The van der Waals surface area contributed by atoms with Gasteiger partial charge in [0.25, 0.3) is 0 Å². The topological polar surface area (TPSA) is 39.1 Å². The molecule has 1 N–H and O–H groups in total. The van der Waals surface area contributed by atoms with Crippen molar-refractivity contribution in [1.29, 1.82) is 0 Å². The molecular formula is C16H20ClN3O. The number of aryl methyl sites for hydroxylation is 1. The standard InChI is InChI=1S/C16H20ClN3O/c1-11-10-20(13-5-3-4-6-13)16(18-11)19-12-7-8-14(17)15(9-12)21-2/h7-10,13H,3-6H2,1-2H3,(H,18,19). The fourth-order valence-corrected chi connectivity index (χ4v) is 3.13. The molecule has 0 unspecified atom stereocenters. The molecule has 3 rings (SSSR count). The number of rotatable bonds is 4. The van der Waals surface area contributed by atoms with Gasteiger partial charge in [-0.3, -0.25) is 0 Å². The second-order valence-electron chi connectivity index (χ2n) is 5.53. The van der Waals surface area contributed by atoms with Crippen molar-refractivity contribution in [2.45, 2.75) is 38.6 Å². The van der Waals surface area contributed by atoms with E-state index in [-0.39, 0.29) is 0 Å². The number of aromatic nitrogens is 2. The van der Waals surface area contributed by atoms with Crippen LogP contribution in [0, 0.1) is 6.92 Å². The first-order valence-electron chi connectivity index (χ1n) is 7.33. The summed E-state index contributed by atoms with van der Waals surface area (Å²) in [6, 6.07) is 6.22. The van der Waals surface area contributed by atoms with Crippen molar-refractivity contribution in [2.75, 3.05) is 12.4 Å². The third kappa shape index (κ3) is 3.00. The summed E-state index contributed by atoms with van der Waals surface area (Å²) in [5.74, 6) is 1.56. The first-order chi connectivity index (χ1) is 10.2. The number of ether oxygens (including phenoxy) is 1. The van der Waals surface area contributed by atoms with Gasteiger partial charge in [0.1, 0.15) is 5.75 Å². The van der Waals surface area contributed by atoms with Gasteiger partial charge < -0.3 is 14.6 Å². The van der Waals surface area contributed by atoms with Crippen molar-refractivity contribution in [3.63, 3.8) is 0 Å². The van der Waals surface area contributed by atoms with Gasteiger partial charge in [0.2, 0.25) is 5.95 Å². The van der Waals surface area contributed by atoms with Crippen LogP contribution in [0.5, 0.6) is 5.75 Å². The largest absolute Gasteiger partial charge is 0.495 e. The highest BCUT2D eigenvalue weighted by atomic mass is 35.5. The molecular weight excluding hydrogens is 286 g/mol.